The summed E-state index contributed by atoms with van der Waals surface area (Å²) in [7, 11) is 1.86. The van der Waals surface area contributed by atoms with Gasteiger partial charge in [-0.2, -0.15) is 0 Å². The van der Waals surface area contributed by atoms with Crippen molar-refractivity contribution in [2.75, 3.05) is 7.11 Å². The summed E-state index contributed by atoms with van der Waals surface area (Å²) in [5.74, 6) is 4.43. The van der Waals surface area contributed by atoms with Crippen LogP contribution in [0.3, 0.4) is 0 Å². The van der Waals surface area contributed by atoms with Gasteiger partial charge in [0.1, 0.15) is 0 Å². The Balaban J connectivity index is 1.59. The molecule has 0 heterocycles. The highest BCUT2D eigenvalue weighted by molar-refractivity contribution is 5.21. The monoisotopic (exact) mass is 220 g/mol. The summed E-state index contributed by atoms with van der Waals surface area (Å²) < 4.78 is 5.57. The summed E-state index contributed by atoms with van der Waals surface area (Å²) >= 11 is 0. The molecule has 2 unspecified atom stereocenters. The Morgan fingerprint density at radius 1 is 1.12 bits per heavy atom. The Hall–Kier alpha value is -0.460. The van der Waals surface area contributed by atoms with Crippen molar-refractivity contribution < 1.29 is 4.74 Å². The van der Waals surface area contributed by atoms with Gasteiger partial charge in [-0.05, 0) is 49.0 Å². The molecule has 2 atom stereocenters. The molecule has 0 amide bonds. The predicted molar refractivity (Wildman–Crippen MR) is 66.1 cm³/mol. The number of fused-ring (bicyclic) bond motifs is 1. The third-order valence-electron chi connectivity index (χ3n) is 4.95. The van der Waals surface area contributed by atoms with Crippen LogP contribution in [-0.2, 0) is 4.74 Å². The molecule has 3 rings (SSSR count). The second kappa shape index (κ2) is 4.43. The van der Waals surface area contributed by atoms with Crippen molar-refractivity contribution in [1.82, 2.24) is 0 Å². The van der Waals surface area contributed by atoms with Gasteiger partial charge in [-0.3, -0.25) is 0 Å². The lowest BCUT2D eigenvalue weighted by atomic mass is 9.82. The summed E-state index contributed by atoms with van der Waals surface area (Å²) in [5, 5.41) is 0. The molecule has 0 aromatic carbocycles. The molecule has 3 aliphatic carbocycles. The van der Waals surface area contributed by atoms with E-state index in [1.807, 2.05) is 7.11 Å². The first-order chi connectivity index (χ1) is 7.86. The zero-order valence-corrected chi connectivity index (χ0v) is 10.5. The van der Waals surface area contributed by atoms with Crippen molar-refractivity contribution in [2.45, 2.75) is 57.8 Å². The predicted octanol–water partition coefficient (Wildman–Crippen LogP) is 4.29. The van der Waals surface area contributed by atoms with Gasteiger partial charge in [0.15, 0.2) is 0 Å². The molecule has 0 bridgehead atoms. The first-order valence-corrected chi connectivity index (χ1v) is 7.11. The van der Waals surface area contributed by atoms with Gasteiger partial charge in [0, 0.05) is 6.42 Å². The van der Waals surface area contributed by atoms with E-state index < -0.39 is 0 Å². The van der Waals surface area contributed by atoms with Crippen LogP contribution in [0, 0.1) is 17.8 Å². The fourth-order valence-electron chi connectivity index (χ4n) is 4.00. The lowest BCUT2D eigenvalue weighted by Crippen LogP contribution is -2.12. The van der Waals surface area contributed by atoms with E-state index in [9.17, 15) is 0 Å². The Bertz CT molecular complexity index is 272. The van der Waals surface area contributed by atoms with E-state index in [2.05, 4.69) is 0 Å². The maximum Gasteiger partial charge on any atom is 0.0950 e. The summed E-state index contributed by atoms with van der Waals surface area (Å²) in [6.45, 7) is 0. The van der Waals surface area contributed by atoms with Gasteiger partial charge in [0.25, 0.3) is 0 Å². The summed E-state index contributed by atoms with van der Waals surface area (Å²) in [4.78, 5) is 0. The van der Waals surface area contributed by atoms with Crippen LogP contribution in [-0.4, -0.2) is 7.11 Å². The molecule has 3 fully saturated rings. The SMILES string of the molecule is COC(CC1CC2CCCCC2C1)=C1CC1. The molecule has 16 heavy (non-hydrogen) atoms. The number of hydrogen-bond acceptors (Lipinski definition) is 1. The maximum absolute atomic E-state index is 5.57. The lowest BCUT2D eigenvalue weighted by Gasteiger charge is -2.24. The molecular formula is C15H24O. The minimum atomic E-state index is 0.941. The van der Waals surface area contributed by atoms with Gasteiger partial charge < -0.3 is 4.74 Å². The third-order valence-corrected chi connectivity index (χ3v) is 4.95. The Morgan fingerprint density at radius 3 is 2.25 bits per heavy atom. The van der Waals surface area contributed by atoms with Crippen LogP contribution in [0.2, 0.25) is 0 Å². The highest BCUT2D eigenvalue weighted by atomic mass is 16.5. The minimum Gasteiger partial charge on any atom is -0.501 e. The zero-order valence-electron chi connectivity index (χ0n) is 10.5. The van der Waals surface area contributed by atoms with E-state index in [1.165, 1.54) is 63.5 Å². The Kier molecular flexibility index (Phi) is 2.95. The number of rotatable bonds is 3. The first-order valence-electron chi connectivity index (χ1n) is 7.11. The highest BCUT2D eigenvalue weighted by Gasteiger charge is 2.36. The first kappa shape index (κ1) is 10.7. The van der Waals surface area contributed by atoms with Crippen molar-refractivity contribution in [3.63, 3.8) is 0 Å². The molecule has 3 aliphatic rings. The number of ether oxygens (including phenoxy) is 1. The van der Waals surface area contributed by atoms with Gasteiger partial charge in [-0.1, -0.05) is 25.7 Å². The van der Waals surface area contributed by atoms with E-state index in [1.54, 1.807) is 5.57 Å². The standard InChI is InChI=1S/C15H24O/c1-16-15(12-6-7-12)10-11-8-13-4-2-3-5-14(13)9-11/h11,13-14H,2-10H2,1H3. The van der Waals surface area contributed by atoms with Crippen molar-refractivity contribution in [2.24, 2.45) is 17.8 Å². The summed E-state index contributed by atoms with van der Waals surface area (Å²) in [5.41, 5.74) is 1.61. The highest BCUT2D eigenvalue weighted by Crippen LogP contribution is 2.48. The van der Waals surface area contributed by atoms with Crippen LogP contribution in [0.1, 0.15) is 57.8 Å². The van der Waals surface area contributed by atoms with E-state index >= 15 is 0 Å². The molecule has 0 aliphatic heterocycles. The Labute approximate surface area is 99.3 Å². The van der Waals surface area contributed by atoms with Gasteiger partial charge in [0.05, 0.1) is 12.9 Å². The number of allylic oxidation sites excluding steroid dienone is 2. The summed E-state index contributed by atoms with van der Waals surface area (Å²) in [6, 6.07) is 0. The fourth-order valence-corrected chi connectivity index (χ4v) is 4.00. The molecule has 0 spiro atoms. The number of methoxy groups -OCH3 is 1. The second-order valence-corrected chi connectivity index (χ2v) is 6.08. The van der Waals surface area contributed by atoms with Crippen LogP contribution in [0.5, 0.6) is 0 Å². The van der Waals surface area contributed by atoms with Crippen molar-refractivity contribution in [3.8, 4) is 0 Å². The topological polar surface area (TPSA) is 9.23 Å². The zero-order chi connectivity index (χ0) is 11.0. The normalized spacial score (nSPS) is 37.1. The maximum atomic E-state index is 5.57. The molecule has 1 heteroatoms. The molecule has 3 saturated carbocycles. The van der Waals surface area contributed by atoms with Crippen molar-refractivity contribution in [1.29, 1.82) is 0 Å². The van der Waals surface area contributed by atoms with Gasteiger partial charge in [0.2, 0.25) is 0 Å². The van der Waals surface area contributed by atoms with Crippen molar-refractivity contribution >= 4 is 0 Å². The van der Waals surface area contributed by atoms with Crippen LogP contribution in [0.15, 0.2) is 11.3 Å². The van der Waals surface area contributed by atoms with E-state index in [4.69, 9.17) is 4.74 Å². The van der Waals surface area contributed by atoms with Gasteiger partial charge in [-0.25, -0.2) is 0 Å². The van der Waals surface area contributed by atoms with E-state index in [0.29, 0.717) is 0 Å². The average Bonchev–Trinajstić information content (AvgIpc) is 3.06. The lowest BCUT2D eigenvalue weighted by molar-refractivity contribution is 0.256. The minimum absolute atomic E-state index is 0.941. The molecule has 0 N–H and O–H groups in total. The molecule has 0 radical (unpaired) electrons. The van der Waals surface area contributed by atoms with Crippen LogP contribution in [0.25, 0.3) is 0 Å². The van der Waals surface area contributed by atoms with Crippen LogP contribution in [0.4, 0.5) is 0 Å². The molecule has 0 aromatic heterocycles. The second-order valence-electron chi connectivity index (χ2n) is 6.08. The van der Waals surface area contributed by atoms with Crippen molar-refractivity contribution in [3.05, 3.63) is 11.3 Å². The van der Waals surface area contributed by atoms with E-state index in [0.717, 1.165) is 17.8 Å². The third kappa shape index (κ3) is 2.14. The fraction of sp³-hybridized carbons (Fsp3) is 0.867. The quantitative estimate of drug-likeness (QED) is 0.645. The molecular weight excluding hydrogens is 196 g/mol. The average molecular weight is 220 g/mol. The molecule has 0 aromatic rings. The summed E-state index contributed by atoms with van der Waals surface area (Å²) in [6.07, 6.45) is 12.9. The van der Waals surface area contributed by atoms with Gasteiger partial charge >= 0.3 is 0 Å². The van der Waals surface area contributed by atoms with Crippen LogP contribution < -0.4 is 0 Å². The largest absolute Gasteiger partial charge is 0.501 e. The smallest absolute Gasteiger partial charge is 0.0950 e. The van der Waals surface area contributed by atoms with Gasteiger partial charge in [-0.15, -0.1) is 0 Å². The van der Waals surface area contributed by atoms with Crippen LogP contribution >= 0.6 is 0 Å². The molecule has 1 nitrogen and oxygen atoms in total. The molecule has 90 valence electrons. The molecule has 0 saturated heterocycles. The number of hydrogen-bond donors (Lipinski definition) is 0. The van der Waals surface area contributed by atoms with E-state index in [-0.39, 0.29) is 0 Å². The Morgan fingerprint density at radius 2 is 1.75 bits per heavy atom.